The van der Waals surface area contributed by atoms with E-state index in [1.165, 1.54) is 0 Å². The minimum absolute atomic E-state index is 0.0687. The van der Waals surface area contributed by atoms with Gasteiger partial charge in [0, 0.05) is 5.56 Å². The number of hydrogen-bond acceptors (Lipinski definition) is 2. The van der Waals surface area contributed by atoms with Gasteiger partial charge >= 0.3 is 0 Å². The maximum Gasteiger partial charge on any atom is 0.180 e. The van der Waals surface area contributed by atoms with E-state index >= 15 is 0 Å². The zero-order valence-electron chi connectivity index (χ0n) is 11.9. The van der Waals surface area contributed by atoms with Crippen molar-refractivity contribution in [3.63, 3.8) is 0 Å². The van der Waals surface area contributed by atoms with E-state index in [1.54, 1.807) is 0 Å². The second-order valence-corrected chi connectivity index (χ2v) is 4.79. The van der Waals surface area contributed by atoms with Crippen LogP contribution in [0.1, 0.15) is 31.1 Å². The zero-order chi connectivity index (χ0) is 13.8. The van der Waals surface area contributed by atoms with Crippen LogP contribution in [-0.4, -0.2) is 29.8 Å². The van der Waals surface area contributed by atoms with E-state index in [-0.39, 0.29) is 11.8 Å². The van der Waals surface area contributed by atoms with Gasteiger partial charge in [-0.05, 0) is 30.8 Å². The molecule has 1 unspecified atom stereocenters. The van der Waals surface area contributed by atoms with Gasteiger partial charge in [-0.15, -0.1) is 0 Å². The Morgan fingerprint density at radius 2 is 1.68 bits per heavy atom. The number of nitrogens with zero attached hydrogens (tertiary/aromatic N) is 1. The SMILES string of the molecule is CCN(CC)C(C)C(=O)c1cccc2ccccc12. The average Bonchev–Trinajstić information content (AvgIpc) is 2.47. The fraction of sp³-hybridized carbons (Fsp3) is 0.353. The van der Waals surface area contributed by atoms with Gasteiger partial charge in [0.2, 0.25) is 0 Å². The summed E-state index contributed by atoms with van der Waals surface area (Å²) in [6, 6.07) is 13.9. The van der Waals surface area contributed by atoms with Crippen LogP contribution in [0.25, 0.3) is 10.8 Å². The van der Waals surface area contributed by atoms with Gasteiger partial charge in [0.15, 0.2) is 5.78 Å². The molecule has 2 aromatic carbocycles. The van der Waals surface area contributed by atoms with Gasteiger partial charge in [0.25, 0.3) is 0 Å². The summed E-state index contributed by atoms with van der Waals surface area (Å²) < 4.78 is 0. The first-order valence-electron chi connectivity index (χ1n) is 6.95. The summed E-state index contributed by atoms with van der Waals surface area (Å²) in [6.07, 6.45) is 0. The lowest BCUT2D eigenvalue weighted by molar-refractivity contribution is 0.0853. The third kappa shape index (κ3) is 2.69. The average molecular weight is 255 g/mol. The summed E-state index contributed by atoms with van der Waals surface area (Å²) in [5.74, 6) is 0.209. The van der Waals surface area contributed by atoms with E-state index in [2.05, 4.69) is 18.7 Å². The van der Waals surface area contributed by atoms with Gasteiger partial charge in [-0.3, -0.25) is 9.69 Å². The van der Waals surface area contributed by atoms with Crippen molar-refractivity contribution in [3.8, 4) is 0 Å². The molecule has 0 bridgehead atoms. The standard InChI is InChI=1S/C17H21NO/c1-4-18(5-2)13(3)17(19)16-12-8-10-14-9-6-7-11-15(14)16/h6-13H,4-5H2,1-3H3. The first-order chi connectivity index (χ1) is 9.19. The fourth-order valence-electron chi connectivity index (χ4n) is 2.60. The smallest absolute Gasteiger partial charge is 0.180 e. The molecule has 0 saturated carbocycles. The molecule has 0 spiro atoms. The fourth-order valence-corrected chi connectivity index (χ4v) is 2.60. The minimum Gasteiger partial charge on any atom is -0.294 e. The van der Waals surface area contributed by atoms with Crippen LogP contribution in [0.3, 0.4) is 0 Å². The van der Waals surface area contributed by atoms with Gasteiger partial charge < -0.3 is 0 Å². The molecule has 0 radical (unpaired) electrons. The lowest BCUT2D eigenvalue weighted by Crippen LogP contribution is -2.38. The Balaban J connectivity index is 2.41. The molecular formula is C17H21NO. The Morgan fingerprint density at radius 1 is 1.05 bits per heavy atom. The van der Waals surface area contributed by atoms with Crippen LogP contribution in [0.2, 0.25) is 0 Å². The summed E-state index contributed by atoms with van der Waals surface area (Å²) in [4.78, 5) is 14.9. The van der Waals surface area contributed by atoms with Crippen LogP contribution >= 0.6 is 0 Å². The molecule has 0 amide bonds. The number of fused-ring (bicyclic) bond motifs is 1. The molecule has 0 N–H and O–H groups in total. The number of Topliss-reactive ketones (excluding diaryl/α,β-unsaturated/α-hetero) is 1. The monoisotopic (exact) mass is 255 g/mol. The van der Waals surface area contributed by atoms with Gasteiger partial charge in [0.05, 0.1) is 6.04 Å². The van der Waals surface area contributed by atoms with Gasteiger partial charge in [0.1, 0.15) is 0 Å². The van der Waals surface area contributed by atoms with Crippen molar-refractivity contribution >= 4 is 16.6 Å². The van der Waals surface area contributed by atoms with Crippen molar-refractivity contribution in [2.45, 2.75) is 26.8 Å². The number of rotatable bonds is 5. The van der Waals surface area contributed by atoms with Crippen LogP contribution in [0.4, 0.5) is 0 Å². The molecule has 0 saturated heterocycles. The Kier molecular flexibility index (Phi) is 4.33. The summed E-state index contributed by atoms with van der Waals surface area (Å²) in [5, 5.41) is 2.18. The van der Waals surface area contributed by atoms with Crippen LogP contribution in [-0.2, 0) is 0 Å². The first-order valence-corrected chi connectivity index (χ1v) is 6.95. The number of carbonyl (C=O) groups is 1. The Morgan fingerprint density at radius 3 is 2.37 bits per heavy atom. The predicted octanol–water partition coefficient (Wildman–Crippen LogP) is 3.75. The Bertz CT molecular complexity index is 567. The van der Waals surface area contributed by atoms with Crippen LogP contribution in [0.15, 0.2) is 42.5 Å². The van der Waals surface area contributed by atoms with Crippen LogP contribution in [0, 0.1) is 0 Å². The summed E-state index contributed by atoms with van der Waals surface area (Å²) in [5.41, 5.74) is 0.831. The van der Waals surface area contributed by atoms with Gasteiger partial charge in [-0.25, -0.2) is 0 Å². The Labute approximate surface area is 115 Å². The first kappa shape index (κ1) is 13.8. The molecule has 2 heteroatoms. The highest BCUT2D eigenvalue weighted by atomic mass is 16.1. The summed E-state index contributed by atoms with van der Waals surface area (Å²) in [6.45, 7) is 7.98. The lowest BCUT2D eigenvalue weighted by atomic mass is 9.97. The van der Waals surface area contributed by atoms with Gasteiger partial charge in [-0.2, -0.15) is 0 Å². The highest BCUT2D eigenvalue weighted by molar-refractivity contribution is 6.10. The van der Waals surface area contributed by atoms with E-state index < -0.39 is 0 Å². The van der Waals surface area contributed by atoms with E-state index in [1.807, 2.05) is 49.4 Å². The largest absolute Gasteiger partial charge is 0.294 e. The van der Waals surface area contributed by atoms with Crippen molar-refractivity contribution in [1.29, 1.82) is 0 Å². The number of carbonyl (C=O) groups excluding carboxylic acids is 1. The summed E-state index contributed by atoms with van der Waals surface area (Å²) in [7, 11) is 0. The Hall–Kier alpha value is -1.67. The second kappa shape index (κ2) is 5.98. The van der Waals surface area contributed by atoms with Crippen molar-refractivity contribution in [1.82, 2.24) is 4.90 Å². The minimum atomic E-state index is -0.0687. The molecule has 2 nitrogen and oxygen atoms in total. The highest BCUT2D eigenvalue weighted by Gasteiger charge is 2.21. The molecule has 0 aliphatic carbocycles. The van der Waals surface area contributed by atoms with Crippen molar-refractivity contribution in [3.05, 3.63) is 48.0 Å². The third-order valence-electron chi connectivity index (χ3n) is 3.79. The highest BCUT2D eigenvalue weighted by Crippen LogP contribution is 2.21. The normalized spacial score (nSPS) is 12.8. The lowest BCUT2D eigenvalue weighted by Gasteiger charge is -2.25. The van der Waals surface area contributed by atoms with Crippen LogP contribution < -0.4 is 0 Å². The number of benzene rings is 2. The molecule has 0 fully saturated rings. The molecule has 19 heavy (non-hydrogen) atoms. The van der Waals surface area contributed by atoms with E-state index in [0.29, 0.717) is 0 Å². The van der Waals surface area contributed by atoms with E-state index in [0.717, 1.165) is 29.4 Å². The molecule has 0 aliphatic heterocycles. The third-order valence-corrected chi connectivity index (χ3v) is 3.79. The molecule has 0 heterocycles. The quantitative estimate of drug-likeness (QED) is 0.758. The maximum absolute atomic E-state index is 12.7. The number of likely N-dealkylation sites (N-methyl/N-ethyl adjacent to an activating group) is 1. The van der Waals surface area contributed by atoms with E-state index in [4.69, 9.17) is 0 Å². The molecule has 2 aromatic rings. The number of ketones is 1. The topological polar surface area (TPSA) is 20.3 Å². The molecule has 100 valence electrons. The molecule has 0 aromatic heterocycles. The van der Waals surface area contributed by atoms with Crippen molar-refractivity contribution < 1.29 is 4.79 Å². The molecule has 0 aliphatic rings. The number of hydrogen-bond donors (Lipinski definition) is 0. The van der Waals surface area contributed by atoms with Crippen molar-refractivity contribution in [2.75, 3.05) is 13.1 Å². The molecule has 2 rings (SSSR count). The second-order valence-electron chi connectivity index (χ2n) is 4.79. The van der Waals surface area contributed by atoms with Crippen LogP contribution in [0.5, 0.6) is 0 Å². The molecule has 1 atom stereocenters. The summed E-state index contributed by atoms with van der Waals surface area (Å²) >= 11 is 0. The zero-order valence-corrected chi connectivity index (χ0v) is 11.9. The van der Waals surface area contributed by atoms with Gasteiger partial charge in [-0.1, -0.05) is 56.3 Å². The predicted molar refractivity (Wildman–Crippen MR) is 80.7 cm³/mol. The maximum atomic E-state index is 12.7. The van der Waals surface area contributed by atoms with Crippen molar-refractivity contribution in [2.24, 2.45) is 0 Å². The molecular weight excluding hydrogens is 234 g/mol. The van der Waals surface area contributed by atoms with E-state index in [9.17, 15) is 4.79 Å².